The van der Waals surface area contributed by atoms with Crippen molar-refractivity contribution in [3.63, 3.8) is 0 Å². The van der Waals surface area contributed by atoms with Gasteiger partial charge in [-0.15, -0.1) is 0 Å². The zero-order valence-electron chi connectivity index (χ0n) is 15.2. The van der Waals surface area contributed by atoms with Crippen LogP contribution in [0.5, 0.6) is 0 Å². The number of para-hydroxylation sites is 1. The molecule has 0 radical (unpaired) electrons. The fraction of sp³-hybridized carbons (Fsp3) is 0.217. The van der Waals surface area contributed by atoms with E-state index in [2.05, 4.69) is 61.6 Å². The van der Waals surface area contributed by atoms with Gasteiger partial charge in [-0.1, -0.05) is 81.8 Å². The summed E-state index contributed by atoms with van der Waals surface area (Å²) < 4.78 is 0. The highest BCUT2D eigenvalue weighted by Crippen LogP contribution is 2.49. The van der Waals surface area contributed by atoms with Gasteiger partial charge in [-0.05, 0) is 46.5 Å². The Morgan fingerprint density at radius 3 is 2.16 bits per heavy atom. The molecule has 0 aromatic heterocycles. The van der Waals surface area contributed by atoms with Gasteiger partial charge in [0.25, 0.3) is 0 Å². The topological polar surface area (TPSA) is 12.0 Å². The van der Waals surface area contributed by atoms with E-state index in [1.165, 1.54) is 22.3 Å². The normalized spacial score (nSPS) is 13.3. The molecule has 0 saturated carbocycles. The molecule has 2 heteroatoms. The summed E-state index contributed by atoms with van der Waals surface area (Å²) in [7, 11) is 0. The first-order chi connectivity index (χ1) is 12.1. The number of rotatable bonds is 2. The van der Waals surface area contributed by atoms with Gasteiger partial charge in [0.2, 0.25) is 0 Å². The number of benzene rings is 3. The van der Waals surface area contributed by atoms with E-state index in [-0.39, 0.29) is 5.41 Å². The predicted molar refractivity (Wildman–Crippen MR) is 110 cm³/mol. The Labute approximate surface area is 155 Å². The van der Waals surface area contributed by atoms with Crippen LogP contribution in [-0.4, -0.2) is 0 Å². The highest BCUT2D eigenvalue weighted by atomic mass is 35.5. The van der Waals surface area contributed by atoms with Crippen molar-refractivity contribution >= 4 is 23.0 Å². The lowest BCUT2D eigenvalue weighted by molar-refractivity contribution is 0.660. The predicted octanol–water partition coefficient (Wildman–Crippen LogP) is 7.42. The van der Waals surface area contributed by atoms with Gasteiger partial charge < -0.3 is 5.32 Å². The molecule has 1 nitrogen and oxygen atoms in total. The van der Waals surface area contributed by atoms with Crippen LogP contribution in [0.15, 0.2) is 66.7 Å². The lowest BCUT2D eigenvalue weighted by Gasteiger charge is -2.22. The van der Waals surface area contributed by atoms with Gasteiger partial charge in [-0.3, -0.25) is 0 Å². The fourth-order valence-electron chi connectivity index (χ4n) is 3.50. The van der Waals surface area contributed by atoms with Crippen LogP contribution in [0.2, 0.25) is 5.02 Å². The van der Waals surface area contributed by atoms with E-state index >= 15 is 0 Å². The van der Waals surface area contributed by atoms with Gasteiger partial charge >= 0.3 is 0 Å². The number of hydrogen-bond acceptors (Lipinski definition) is 1. The molecule has 1 N–H and O–H groups in total. The highest BCUT2D eigenvalue weighted by Gasteiger charge is 2.35. The number of nitrogens with one attached hydrogen (secondary N) is 1. The third kappa shape index (κ3) is 3.05. The molecule has 128 valence electrons. The second kappa shape index (κ2) is 6.93. The zero-order valence-corrected chi connectivity index (χ0v) is 16.0. The molecule has 1 aliphatic rings. The first-order valence-corrected chi connectivity index (χ1v) is 9.21. The highest BCUT2D eigenvalue weighted by molar-refractivity contribution is 6.33. The van der Waals surface area contributed by atoms with Crippen LogP contribution >= 0.6 is 11.6 Å². The molecule has 0 fully saturated rings. The van der Waals surface area contributed by atoms with Crippen LogP contribution in [0.3, 0.4) is 0 Å². The summed E-state index contributed by atoms with van der Waals surface area (Å²) >= 11 is 6.26. The van der Waals surface area contributed by atoms with Crippen LogP contribution in [0.1, 0.15) is 38.8 Å². The Morgan fingerprint density at radius 1 is 0.760 bits per heavy atom. The van der Waals surface area contributed by atoms with Crippen LogP contribution in [0.4, 0.5) is 11.4 Å². The van der Waals surface area contributed by atoms with Gasteiger partial charge in [0, 0.05) is 11.1 Å². The second-order valence-electron chi connectivity index (χ2n) is 6.54. The molecular weight excluding hydrogens is 326 g/mol. The lowest BCUT2D eigenvalue weighted by atomic mass is 9.82. The number of hydrogen-bond donors (Lipinski definition) is 1. The monoisotopic (exact) mass is 349 g/mol. The largest absolute Gasteiger partial charge is 0.354 e. The minimum Gasteiger partial charge on any atom is -0.354 e. The molecule has 4 rings (SSSR count). The smallest absolute Gasteiger partial charge is 0.0640 e. The lowest BCUT2D eigenvalue weighted by Crippen LogP contribution is -2.15. The Bertz CT molecular complexity index is 896. The summed E-state index contributed by atoms with van der Waals surface area (Å²) in [6, 6.07) is 23.1. The molecular formula is C23H24ClN. The van der Waals surface area contributed by atoms with Crippen molar-refractivity contribution in [3.8, 4) is 11.1 Å². The fourth-order valence-corrected chi connectivity index (χ4v) is 3.68. The van der Waals surface area contributed by atoms with Crippen molar-refractivity contribution in [2.75, 3.05) is 5.32 Å². The summed E-state index contributed by atoms with van der Waals surface area (Å²) in [4.78, 5) is 0. The molecule has 3 aromatic rings. The van der Waals surface area contributed by atoms with Gasteiger partial charge in [-0.25, -0.2) is 0 Å². The molecule has 0 bridgehead atoms. The molecule has 0 aliphatic heterocycles. The van der Waals surface area contributed by atoms with Gasteiger partial charge in [0.15, 0.2) is 0 Å². The zero-order chi connectivity index (χ0) is 18.0. The molecule has 25 heavy (non-hydrogen) atoms. The summed E-state index contributed by atoms with van der Waals surface area (Å²) in [5.74, 6) is 0. The van der Waals surface area contributed by atoms with E-state index < -0.39 is 0 Å². The molecule has 3 aromatic carbocycles. The molecule has 0 unspecified atom stereocenters. The van der Waals surface area contributed by atoms with Crippen molar-refractivity contribution in [1.29, 1.82) is 0 Å². The summed E-state index contributed by atoms with van der Waals surface area (Å²) in [5, 5.41) is 4.17. The Kier molecular flexibility index (Phi) is 4.87. The molecule has 0 heterocycles. The first kappa shape index (κ1) is 17.6. The maximum atomic E-state index is 6.26. The maximum Gasteiger partial charge on any atom is 0.0640 e. The minimum atomic E-state index is 0.0180. The van der Waals surface area contributed by atoms with E-state index in [9.17, 15) is 0 Å². The number of anilines is 2. The third-order valence-electron chi connectivity index (χ3n) is 4.74. The van der Waals surface area contributed by atoms with E-state index in [1.807, 2.05) is 38.1 Å². The standard InChI is InChI=1S/C21H18ClN.C2H6/c1-21(2)17-8-4-3-7-15(17)16-12-11-14(13-18(16)21)23-20-10-6-5-9-19(20)22;1-2/h3-13,23H,1-2H3;1-2H3. The van der Waals surface area contributed by atoms with Crippen molar-refractivity contribution in [1.82, 2.24) is 0 Å². The third-order valence-corrected chi connectivity index (χ3v) is 5.07. The van der Waals surface area contributed by atoms with Crippen LogP contribution in [-0.2, 0) is 5.41 Å². The molecule has 0 atom stereocenters. The van der Waals surface area contributed by atoms with E-state index in [0.29, 0.717) is 0 Å². The summed E-state index contributed by atoms with van der Waals surface area (Å²) in [6.07, 6.45) is 0. The van der Waals surface area contributed by atoms with Crippen molar-refractivity contribution < 1.29 is 0 Å². The average Bonchev–Trinajstić information content (AvgIpc) is 2.87. The van der Waals surface area contributed by atoms with Gasteiger partial charge in [-0.2, -0.15) is 0 Å². The van der Waals surface area contributed by atoms with Crippen LogP contribution in [0, 0.1) is 0 Å². The van der Waals surface area contributed by atoms with Crippen LogP contribution < -0.4 is 5.32 Å². The van der Waals surface area contributed by atoms with Crippen LogP contribution in [0.25, 0.3) is 11.1 Å². The molecule has 0 spiro atoms. The second-order valence-corrected chi connectivity index (χ2v) is 6.94. The summed E-state index contributed by atoms with van der Waals surface area (Å²) in [6.45, 7) is 8.58. The van der Waals surface area contributed by atoms with Gasteiger partial charge in [0.05, 0.1) is 10.7 Å². The maximum absolute atomic E-state index is 6.26. The van der Waals surface area contributed by atoms with E-state index in [0.717, 1.165) is 16.4 Å². The molecule has 1 aliphatic carbocycles. The molecule has 0 amide bonds. The van der Waals surface area contributed by atoms with Crippen molar-refractivity contribution in [2.45, 2.75) is 33.1 Å². The van der Waals surface area contributed by atoms with Crippen molar-refractivity contribution in [2.24, 2.45) is 0 Å². The van der Waals surface area contributed by atoms with E-state index in [4.69, 9.17) is 11.6 Å². The Morgan fingerprint density at radius 2 is 1.40 bits per heavy atom. The Balaban J connectivity index is 0.000000880. The van der Waals surface area contributed by atoms with Crippen molar-refractivity contribution in [3.05, 3.63) is 82.9 Å². The SMILES string of the molecule is CC.CC1(C)c2ccccc2-c2ccc(Nc3ccccc3Cl)cc21. The summed E-state index contributed by atoms with van der Waals surface area (Å²) in [5.41, 5.74) is 7.44. The Hall–Kier alpha value is -2.25. The average molecular weight is 350 g/mol. The number of fused-ring (bicyclic) bond motifs is 3. The van der Waals surface area contributed by atoms with E-state index in [1.54, 1.807) is 0 Å². The minimum absolute atomic E-state index is 0.0180. The van der Waals surface area contributed by atoms with Gasteiger partial charge in [0.1, 0.15) is 0 Å². The number of halogens is 1. The quantitative estimate of drug-likeness (QED) is 0.507. The molecule has 0 saturated heterocycles. The first-order valence-electron chi connectivity index (χ1n) is 8.83.